The number of aliphatic hydroxyl groups excluding tert-OH is 1. The largest absolute Gasteiger partial charge is 0.492 e. The van der Waals surface area contributed by atoms with E-state index in [4.69, 9.17) is 16.3 Å². The van der Waals surface area contributed by atoms with Crippen molar-refractivity contribution in [1.29, 1.82) is 0 Å². The van der Waals surface area contributed by atoms with Crippen molar-refractivity contribution in [3.05, 3.63) is 83.0 Å². The molecule has 1 atom stereocenters. The number of halogens is 1. The van der Waals surface area contributed by atoms with E-state index in [-0.39, 0.29) is 22.2 Å². The van der Waals surface area contributed by atoms with Gasteiger partial charge in [0.05, 0.1) is 32.9 Å². The molecule has 0 aliphatic carbocycles. The molecule has 34 heavy (non-hydrogen) atoms. The number of rotatable bonds is 10. The van der Waals surface area contributed by atoms with Gasteiger partial charge in [-0.1, -0.05) is 35.9 Å². The first-order chi connectivity index (χ1) is 16.3. The SMILES string of the molecule is Cc1n[nH]c2cc(OCCNCC(O)c3ccc(Cl)c(NS(=O)(=O)c4ccccc4)c3)ccc12. The molecule has 1 unspecified atom stereocenters. The molecule has 1 heterocycles. The van der Waals surface area contributed by atoms with Crippen LogP contribution in [0.1, 0.15) is 17.4 Å². The summed E-state index contributed by atoms with van der Waals surface area (Å²) < 4.78 is 33.5. The smallest absolute Gasteiger partial charge is 0.261 e. The van der Waals surface area contributed by atoms with Gasteiger partial charge in [0, 0.05) is 24.5 Å². The average Bonchev–Trinajstić information content (AvgIpc) is 3.20. The number of sulfonamides is 1. The van der Waals surface area contributed by atoms with Gasteiger partial charge in [-0.05, 0) is 48.9 Å². The van der Waals surface area contributed by atoms with E-state index < -0.39 is 16.1 Å². The van der Waals surface area contributed by atoms with E-state index in [0.29, 0.717) is 18.7 Å². The Morgan fingerprint density at radius 3 is 2.71 bits per heavy atom. The van der Waals surface area contributed by atoms with Gasteiger partial charge in [0.25, 0.3) is 10.0 Å². The molecule has 4 aromatic rings. The van der Waals surface area contributed by atoms with Crippen molar-refractivity contribution in [2.75, 3.05) is 24.4 Å². The quantitative estimate of drug-likeness (QED) is 0.244. The lowest BCUT2D eigenvalue weighted by atomic mass is 10.1. The fraction of sp³-hybridized carbons (Fsp3) is 0.208. The van der Waals surface area contributed by atoms with Crippen LogP contribution in [0.5, 0.6) is 5.75 Å². The molecule has 178 valence electrons. The van der Waals surface area contributed by atoms with E-state index in [2.05, 4.69) is 20.2 Å². The van der Waals surface area contributed by atoms with Gasteiger partial charge < -0.3 is 15.2 Å². The Morgan fingerprint density at radius 1 is 1.12 bits per heavy atom. The summed E-state index contributed by atoms with van der Waals surface area (Å²) in [6, 6.07) is 18.5. The topological polar surface area (TPSA) is 116 Å². The van der Waals surface area contributed by atoms with Gasteiger partial charge in [-0.15, -0.1) is 0 Å². The van der Waals surface area contributed by atoms with Crippen LogP contribution in [0.3, 0.4) is 0 Å². The van der Waals surface area contributed by atoms with Gasteiger partial charge in [-0.2, -0.15) is 5.10 Å². The Balaban J connectivity index is 1.30. The second kappa shape index (κ2) is 10.4. The number of aromatic nitrogens is 2. The van der Waals surface area contributed by atoms with Crippen LogP contribution in [-0.4, -0.2) is 43.4 Å². The van der Waals surface area contributed by atoms with E-state index in [1.807, 2.05) is 25.1 Å². The number of aromatic amines is 1. The summed E-state index contributed by atoms with van der Waals surface area (Å²) in [5.74, 6) is 0.728. The molecule has 0 saturated carbocycles. The van der Waals surface area contributed by atoms with E-state index in [0.717, 1.165) is 22.3 Å². The van der Waals surface area contributed by atoms with Crippen LogP contribution in [0.15, 0.2) is 71.6 Å². The van der Waals surface area contributed by atoms with Crippen LogP contribution in [0.4, 0.5) is 5.69 Å². The van der Waals surface area contributed by atoms with Gasteiger partial charge in [0.2, 0.25) is 0 Å². The molecule has 0 aliphatic rings. The van der Waals surface area contributed by atoms with Crippen molar-refractivity contribution in [3.63, 3.8) is 0 Å². The molecular formula is C24H25ClN4O4S. The summed E-state index contributed by atoms with van der Waals surface area (Å²) in [5.41, 5.74) is 2.59. The Hall–Kier alpha value is -3.11. The number of ether oxygens (including phenoxy) is 1. The minimum Gasteiger partial charge on any atom is -0.492 e. The van der Waals surface area contributed by atoms with Crippen molar-refractivity contribution >= 4 is 38.2 Å². The molecule has 0 amide bonds. The average molecular weight is 501 g/mol. The van der Waals surface area contributed by atoms with Crippen molar-refractivity contribution in [1.82, 2.24) is 15.5 Å². The summed E-state index contributed by atoms with van der Waals surface area (Å²) in [5, 5.41) is 22.1. The lowest BCUT2D eigenvalue weighted by Crippen LogP contribution is -2.26. The monoisotopic (exact) mass is 500 g/mol. The highest BCUT2D eigenvalue weighted by Crippen LogP contribution is 2.28. The summed E-state index contributed by atoms with van der Waals surface area (Å²) in [6.45, 7) is 3.12. The third-order valence-corrected chi connectivity index (χ3v) is 6.99. The molecular weight excluding hydrogens is 476 g/mol. The molecule has 8 nitrogen and oxygen atoms in total. The molecule has 0 spiro atoms. The van der Waals surface area contributed by atoms with Crippen molar-refractivity contribution < 1.29 is 18.3 Å². The summed E-state index contributed by atoms with van der Waals surface area (Å²) in [6.07, 6.45) is -0.860. The number of nitrogens with zero attached hydrogens (tertiary/aromatic N) is 1. The zero-order valence-electron chi connectivity index (χ0n) is 18.5. The third kappa shape index (κ3) is 5.68. The van der Waals surface area contributed by atoms with E-state index >= 15 is 0 Å². The first-order valence-electron chi connectivity index (χ1n) is 10.7. The maximum Gasteiger partial charge on any atom is 0.261 e. The summed E-state index contributed by atoms with van der Waals surface area (Å²) >= 11 is 6.19. The molecule has 4 N–H and O–H groups in total. The predicted octanol–water partition coefficient (Wildman–Crippen LogP) is 4.03. The Kier molecular flexibility index (Phi) is 7.38. The minimum atomic E-state index is -3.80. The molecule has 0 saturated heterocycles. The lowest BCUT2D eigenvalue weighted by Gasteiger charge is -2.16. The fourth-order valence-corrected chi connectivity index (χ4v) is 4.77. The Bertz CT molecular complexity index is 1380. The highest BCUT2D eigenvalue weighted by Gasteiger charge is 2.17. The molecule has 0 bridgehead atoms. The Morgan fingerprint density at radius 2 is 1.91 bits per heavy atom. The van der Waals surface area contributed by atoms with Crippen LogP contribution in [0.25, 0.3) is 10.9 Å². The van der Waals surface area contributed by atoms with Crippen LogP contribution >= 0.6 is 11.6 Å². The van der Waals surface area contributed by atoms with Crippen LogP contribution in [0, 0.1) is 6.92 Å². The van der Waals surface area contributed by atoms with E-state index in [1.165, 1.54) is 18.2 Å². The van der Waals surface area contributed by atoms with Gasteiger partial charge in [0.15, 0.2) is 0 Å². The van der Waals surface area contributed by atoms with Crippen molar-refractivity contribution in [2.45, 2.75) is 17.9 Å². The van der Waals surface area contributed by atoms with Gasteiger partial charge in [-0.25, -0.2) is 8.42 Å². The van der Waals surface area contributed by atoms with Gasteiger partial charge in [-0.3, -0.25) is 9.82 Å². The normalized spacial score (nSPS) is 12.6. The highest BCUT2D eigenvalue weighted by molar-refractivity contribution is 7.92. The standard InChI is InChI=1S/C24H25ClN4O4S/c1-16-20-9-8-18(14-22(20)28-27-16)33-12-11-26-15-24(30)17-7-10-21(25)23(13-17)29-34(31,32)19-5-3-2-4-6-19/h2-10,13-14,24,26,29-30H,11-12,15H2,1H3,(H,27,28). The maximum atomic E-state index is 12.6. The Labute approximate surface area is 203 Å². The van der Waals surface area contributed by atoms with Crippen LogP contribution < -0.4 is 14.8 Å². The molecule has 0 fully saturated rings. The van der Waals surface area contributed by atoms with Crippen molar-refractivity contribution in [3.8, 4) is 5.75 Å². The number of anilines is 1. The number of H-pyrrole nitrogens is 1. The zero-order chi connectivity index (χ0) is 24.1. The summed E-state index contributed by atoms with van der Waals surface area (Å²) in [7, 11) is -3.80. The third-order valence-electron chi connectivity index (χ3n) is 5.28. The van der Waals surface area contributed by atoms with E-state index in [9.17, 15) is 13.5 Å². The minimum absolute atomic E-state index is 0.125. The van der Waals surface area contributed by atoms with Crippen molar-refractivity contribution in [2.24, 2.45) is 0 Å². The first kappa shape index (κ1) is 24.0. The zero-order valence-corrected chi connectivity index (χ0v) is 20.0. The molecule has 0 aliphatic heterocycles. The molecule has 0 radical (unpaired) electrons. The molecule has 10 heteroatoms. The number of aryl methyl sites for hydroxylation is 1. The number of fused-ring (bicyclic) bond motifs is 1. The predicted molar refractivity (Wildman–Crippen MR) is 133 cm³/mol. The van der Waals surface area contributed by atoms with Gasteiger partial charge >= 0.3 is 0 Å². The number of hydrogen-bond acceptors (Lipinski definition) is 6. The first-order valence-corrected chi connectivity index (χ1v) is 12.5. The van der Waals surface area contributed by atoms with Gasteiger partial charge in [0.1, 0.15) is 12.4 Å². The maximum absolute atomic E-state index is 12.6. The second-order valence-corrected chi connectivity index (χ2v) is 9.83. The summed E-state index contributed by atoms with van der Waals surface area (Å²) in [4.78, 5) is 0.125. The second-order valence-electron chi connectivity index (χ2n) is 7.74. The number of nitrogens with one attached hydrogen (secondary N) is 3. The number of hydrogen-bond donors (Lipinski definition) is 4. The molecule has 4 rings (SSSR count). The van der Waals surface area contributed by atoms with Crippen LogP contribution in [-0.2, 0) is 10.0 Å². The molecule has 3 aromatic carbocycles. The number of aliphatic hydroxyl groups is 1. The molecule has 1 aromatic heterocycles. The van der Waals surface area contributed by atoms with E-state index in [1.54, 1.807) is 30.3 Å². The number of benzene rings is 3. The van der Waals surface area contributed by atoms with Crippen LogP contribution in [0.2, 0.25) is 5.02 Å². The highest BCUT2D eigenvalue weighted by atomic mass is 35.5. The fourth-order valence-electron chi connectivity index (χ4n) is 3.45. The lowest BCUT2D eigenvalue weighted by molar-refractivity contribution is 0.172.